The number of hydrogen-bond donors (Lipinski definition) is 1. The fourth-order valence-electron chi connectivity index (χ4n) is 1.96. The zero-order chi connectivity index (χ0) is 14.5. The van der Waals surface area contributed by atoms with Gasteiger partial charge in [-0.1, -0.05) is 42.1 Å². The van der Waals surface area contributed by atoms with E-state index in [4.69, 9.17) is 4.42 Å². The van der Waals surface area contributed by atoms with Crippen LogP contribution in [0.5, 0.6) is 0 Å². The van der Waals surface area contributed by atoms with Crippen LogP contribution in [0.3, 0.4) is 0 Å². The van der Waals surface area contributed by atoms with E-state index in [1.807, 2.05) is 47.0 Å². The van der Waals surface area contributed by atoms with Crippen molar-refractivity contribution in [1.82, 2.24) is 14.8 Å². The molecule has 0 aliphatic heterocycles. The fourth-order valence-corrected chi connectivity index (χ4v) is 2.84. The zero-order valence-corrected chi connectivity index (χ0v) is 12.1. The molecule has 0 radical (unpaired) electrons. The Kier molecular flexibility index (Phi) is 4.37. The number of rotatable bonds is 6. The first-order chi connectivity index (χ1) is 10.3. The van der Waals surface area contributed by atoms with E-state index in [9.17, 15) is 5.11 Å². The SMILES string of the molecule is O[C@H](CSc1nncn1Cc1ccco1)c1ccccc1. The number of aliphatic hydroxyl groups is 1. The van der Waals surface area contributed by atoms with Gasteiger partial charge in [0.25, 0.3) is 0 Å². The fraction of sp³-hybridized carbons (Fsp3) is 0.200. The molecular weight excluding hydrogens is 286 g/mol. The maximum atomic E-state index is 10.2. The van der Waals surface area contributed by atoms with Crippen molar-refractivity contribution in [2.75, 3.05) is 5.75 Å². The number of furan rings is 1. The third-order valence-electron chi connectivity index (χ3n) is 3.04. The molecule has 0 spiro atoms. The normalized spacial score (nSPS) is 12.4. The van der Waals surface area contributed by atoms with Crippen molar-refractivity contribution >= 4 is 11.8 Å². The Morgan fingerprint density at radius 2 is 2.05 bits per heavy atom. The molecule has 0 bridgehead atoms. The minimum atomic E-state index is -0.523. The maximum absolute atomic E-state index is 10.2. The second kappa shape index (κ2) is 6.60. The van der Waals surface area contributed by atoms with Crippen LogP contribution in [-0.4, -0.2) is 25.6 Å². The van der Waals surface area contributed by atoms with E-state index in [1.54, 1.807) is 12.6 Å². The summed E-state index contributed by atoms with van der Waals surface area (Å²) in [4.78, 5) is 0. The molecule has 0 amide bonds. The molecule has 0 saturated heterocycles. The third-order valence-corrected chi connectivity index (χ3v) is 4.10. The first kappa shape index (κ1) is 13.9. The number of hydrogen-bond acceptors (Lipinski definition) is 5. The van der Waals surface area contributed by atoms with Crippen LogP contribution in [0.25, 0.3) is 0 Å². The Hall–Kier alpha value is -2.05. The van der Waals surface area contributed by atoms with Crippen LogP contribution in [0.15, 0.2) is 64.6 Å². The summed E-state index contributed by atoms with van der Waals surface area (Å²) in [6.07, 6.45) is 2.79. The van der Waals surface area contributed by atoms with Gasteiger partial charge in [0.05, 0.1) is 18.9 Å². The Labute approximate surface area is 126 Å². The smallest absolute Gasteiger partial charge is 0.191 e. The molecule has 2 heterocycles. The molecule has 0 unspecified atom stereocenters. The second-order valence-corrected chi connectivity index (χ2v) is 5.55. The van der Waals surface area contributed by atoms with Crippen LogP contribution in [0, 0.1) is 0 Å². The topological polar surface area (TPSA) is 64.1 Å². The molecule has 0 aliphatic carbocycles. The summed E-state index contributed by atoms with van der Waals surface area (Å²) >= 11 is 1.48. The highest BCUT2D eigenvalue weighted by Gasteiger charge is 2.12. The summed E-state index contributed by atoms with van der Waals surface area (Å²) in [5.41, 5.74) is 0.905. The highest BCUT2D eigenvalue weighted by molar-refractivity contribution is 7.99. The molecule has 1 aromatic carbocycles. The van der Waals surface area contributed by atoms with E-state index < -0.39 is 6.10 Å². The van der Waals surface area contributed by atoms with Crippen LogP contribution in [0.4, 0.5) is 0 Å². The number of thioether (sulfide) groups is 1. The lowest BCUT2D eigenvalue weighted by atomic mass is 10.1. The molecule has 1 N–H and O–H groups in total. The van der Waals surface area contributed by atoms with Crippen molar-refractivity contribution in [2.24, 2.45) is 0 Å². The Bertz CT molecular complexity index is 667. The monoisotopic (exact) mass is 301 g/mol. The standard InChI is InChI=1S/C15H15N3O2S/c19-14(12-5-2-1-3-6-12)10-21-15-17-16-11-18(15)9-13-7-4-8-20-13/h1-8,11,14,19H,9-10H2/t14-/m1/s1. The highest BCUT2D eigenvalue weighted by atomic mass is 32.2. The third kappa shape index (κ3) is 3.53. The lowest BCUT2D eigenvalue weighted by Gasteiger charge is -2.10. The van der Waals surface area contributed by atoms with Gasteiger partial charge in [0.2, 0.25) is 0 Å². The molecule has 6 heteroatoms. The average Bonchev–Trinajstić information content (AvgIpc) is 3.18. The molecule has 2 aromatic heterocycles. The van der Waals surface area contributed by atoms with Gasteiger partial charge in [0.15, 0.2) is 5.16 Å². The van der Waals surface area contributed by atoms with Crippen molar-refractivity contribution < 1.29 is 9.52 Å². The average molecular weight is 301 g/mol. The van der Waals surface area contributed by atoms with Gasteiger partial charge in [-0.05, 0) is 17.7 Å². The molecule has 0 saturated carbocycles. The second-order valence-electron chi connectivity index (χ2n) is 4.56. The summed E-state index contributed by atoms with van der Waals surface area (Å²) in [6.45, 7) is 0.587. The molecule has 21 heavy (non-hydrogen) atoms. The summed E-state index contributed by atoms with van der Waals surface area (Å²) in [7, 11) is 0. The van der Waals surface area contributed by atoms with E-state index in [0.29, 0.717) is 12.3 Å². The Morgan fingerprint density at radius 3 is 2.81 bits per heavy atom. The van der Waals surface area contributed by atoms with Crippen LogP contribution in [-0.2, 0) is 6.54 Å². The van der Waals surface area contributed by atoms with Crippen molar-refractivity contribution in [3.05, 3.63) is 66.4 Å². The van der Waals surface area contributed by atoms with Gasteiger partial charge >= 0.3 is 0 Å². The predicted molar refractivity (Wildman–Crippen MR) is 80.0 cm³/mol. The Balaban J connectivity index is 1.62. The van der Waals surface area contributed by atoms with E-state index in [-0.39, 0.29) is 0 Å². The van der Waals surface area contributed by atoms with Gasteiger partial charge in [-0.2, -0.15) is 0 Å². The molecule has 5 nitrogen and oxygen atoms in total. The van der Waals surface area contributed by atoms with Gasteiger partial charge in [-0.3, -0.25) is 0 Å². The van der Waals surface area contributed by atoms with Crippen molar-refractivity contribution in [2.45, 2.75) is 17.8 Å². The minimum absolute atomic E-state index is 0.523. The zero-order valence-electron chi connectivity index (χ0n) is 11.3. The van der Waals surface area contributed by atoms with E-state index in [0.717, 1.165) is 16.5 Å². The summed E-state index contributed by atoms with van der Waals surface area (Å²) in [5, 5.41) is 18.9. The summed E-state index contributed by atoms with van der Waals surface area (Å²) in [6, 6.07) is 13.4. The molecule has 0 fully saturated rings. The van der Waals surface area contributed by atoms with Crippen molar-refractivity contribution in [1.29, 1.82) is 0 Å². The first-order valence-electron chi connectivity index (χ1n) is 6.59. The number of aliphatic hydroxyl groups excluding tert-OH is 1. The number of nitrogens with zero attached hydrogens (tertiary/aromatic N) is 3. The lowest BCUT2D eigenvalue weighted by Crippen LogP contribution is -2.03. The van der Waals surface area contributed by atoms with Crippen molar-refractivity contribution in [3.63, 3.8) is 0 Å². The lowest BCUT2D eigenvalue weighted by molar-refractivity contribution is 0.204. The first-order valence-corrected chi connectivity index (χ1v) is 7.57. The molecular formula is C15H15N3O2S. The van der Waals surface area contributed by atoms with Crippen LogP contribution in [0.2, 0.25) is 0 Å². The maximum Gasteiger partial charge on any atom is 0.191 e. The van der Waals surface area contributed by atoms with Gasteiger partial charge < -0.3 is 14.1 Å². The molecule has 1 atom stereocenters. The van der Waals surface area contributed by atoms with E-state index in [2.05, 4.69) is 10.2 Å². The largest absolute Gasteiger partial charge is 0.467 e. The molecule has 3 aromatic rings. The van der Waals surface area contributed by atoms with Crippen LogP contribution in [0.1, 0.15) is 17.4 Å². The van der Waals surface area contributed by atoms with Crippen LogP contribution >= 0.6 is 11.8 Å². The van der Waals surface area contributed by atoms with E-state index >= 15 is 0 Å². The Morgan fingerprint density at radius 1 is 1.19 bits per heavy atom. The van der Waals surface area contributed by atoms with Crippen molar-refractivity contribution in [3.8, 4) is 0 Å². The minimum Gasteiger partial charge on any atom is -0.467 e. The number of benzene rings is 1. The quantitative estimate of drug-likeness (QED) is 0.709. The molecule has 0 aliphatic rings. The number of aromatic nitrogens is 3. The van der Waals surface area contributed by atoms with Gasteiger partial charge in [0, 0.05) is 5.75 Å². The van der Waals surface area contributed by atoms with Gasteiger partial charge in [-0.15, -0.1) is 10.2 Å². The summed E-state index contributed by atoms with van der Waals surface area (Å²) < 4.78 is 7.23. The highest BCUT2D eigenvalue weighted by Crippen LogP contribution is 2.23. The van der Waals surface area contributed by atoms with E-state index in [1.165, 1.54) is 11.8 Å². The van der Waals surface area contributed by atoms with Crippen LogP contribution < -0.4 is 0 Å². The predicted octanol–water partition coefficient (Wildman–Crippen LogP) is 2.75. The van der Waals surface area contributed by atoms with Gasteiger partial charge in [-0.25, -0.2) is 0 Å². The van der Waals surface area contributed by atoms with Gasteiger partial charge in [0.1, 0.15) is 12.1 Å². The summed E-state index contributed by atoms with van der Waals surface area (Å²) in [5.74, 6) is 1.38. The molecule has 108 valence electrons. The molecule has 3 rings (SSSR count).